The highest BCUT2D eigenvalue weighted by Gasteiger charge is 2.10. The summed E-state index contributed by atoms with van der Waals surface area (Å²) in [5, 5.41) is 3.59. The molecule has 0 bridgehead atoms. The van der Waals surface area contributed by atoms with Gasteiger partial charge in [0.25, 0.3) is 0 Å². The van der Waals surface area contributed by atoms with Gasteiger partial charge in [0.05, 0.1) is 13.2 Å². The molecule has 88 valence electrons. The standard InChI is InChI=1S/C13H25NO/c1-2-3-11-15-12-10-14-13-8-6-4-5-7-9-13/h2-3,13-14H,4-12H2,1H3. The Morgan fingerprint density at radius 3 is 2.60 bits per heavy atom. The molecule has 1 aliphatic carbocycles. The number of ether oxygens (including phenoxy) is 1. The van der Waals surface area contributed by atoms with E-state index in [0.29, 0.717) is 0 Å². The molecule has 1 N–H and O–H groups in total. The van der Waals surface area contributed by atoms with E-state index in [9.17, 15) is 0 Å². The quantitative estimate of drug-likeness (QED) is 0.414. The fourth-order valence-corrected chi connectivity index (χ4v) is 2.07. The minimum Gasteiger partial charge on any atom is -0.376 e. The SMILES string of the molecule is CC=CCOCCNC1CCCCCC1. The van der Waals surface area contributed by atoms with Gasteiger partial charge in [0.15, 0.2) is 0 Å². The highest BCUT2D eigenvalue weighted by molar-refractivity contribution is 4.76. The van der Waals surface area contributed by atoms with Crippen LogP contribution in [0.5, 0.6) is 0 Å². The molecule has 0 radical (unpaired) electrons. The molecule has 1 saturated carbocycles. The second-order valence-corrected chi connectivity index (χ2v) is 4.29. The molecule has 1 rings (SSSR count). The molecule has 0 aromatic heterocycles. The Balaban J connectivity index is 1.93. The summed E-state index contributed by atoms with van der Waals surface area (Å²) in [6, 6.07) is 0.748. The number of allylic oxidation sites excluding steroid dienone is 1. The summed E-state index contributed by atoms with van der Waals surface area (Å²) in [5.41, 5.74) is 0. The van der Waals surface area contributed by atoms with Crippen molar-refractivity contribution in [2.75, 3.05) is 19.8 Å². The first-order valence-electron chi connectivity index (χ1n) is 6.36. The van der Waals surface area contributed by atoms with Crippen LogP contribution >= 0.6 is 0 Å². The molecule has 1 fully saturated rings. The molecule has 2 nitrogen and oxygen atoms in total. The minimum atomic E-state index is 0.748. The van der Waals surface area contributed by atoms with Crippen molar-refractivity contribution in [2.24, 2.45) is 0 Å². The van der Waals surface area contributed by atoms with Crippen molar-refractivity contribution in [3.8, 4) is 0 Å². The first-order chi connectivity index (χ1) is 7.43. The van der Waals surface area contributed by atoms with Gasteiger partial charge in [0.2, 0.25) is 0 Å². The lowest BCUT2D eigenvalue weighted by atomic mass is 10.1. The first kappa shape index (κ1) is 12.7. The maximum atomic E-state index is 5.45. The van der Waals surface area contributed by atoms with Gasteiger partial charge < -0.3 is 10.1 Å². The van der Waals surface area contributed by atoms with Gasteiger partial charge in [0.1, 0.15) is 0 Å². The summed E-state index contributed by atoms with van der Waals surface area (Å²) >= 11 is 0. The van der Waals surface area contributed by atoms with E-state index in [0.717, 1.165) is 25.8 Å². The molecule has 1 aliphatic rings. The van der Waals surface area contributed by atoms with Crippen LogP contribution in [0.1, 0.15) is 45.4 Å². The van der Waals surface area contributed by atoms with Gasteiger partial charge >= 0.3 is 0 Å². The smallest absolute Gasteiger partial charge is 0.0647 e. The van der Waals surface area contributed by atoms with Crippen LogP contribution in [0.15, 0.2) is 12.2 Å². The molecule has 0 heterocycles. The summed E-state index contributed by atoms with van der Waals surface area (Å²) in [7, 11) is 0. The summed E-state index contributed by atoms with van der Waals surface area (Å²) in [4.78, 5) is 0. The second-order valence-electron chi connectivity index (χ2n) is 4.29. The van der Waals surface area contributed by atoms with Crippen LogP contribution in [-0.4, -0.2) is 25.8 Å². The minimum absolute atomic E-state index is 0.748. The molecular weight excluding hydrogens is 186 g/mol. The molecule has 0 aromatic carbocycles. The third-order valence-corrected chi connectivity index (χ3v) is 2.98. The zero-order chi connectivity index (χ0) is 10.8. The van der Waals surface area contributed by atoms with E-state index < -0.39 is 0 Å². The fourth-order valence-electron chi connectivity index (χ4n) is 2.07. The van der Waals surface area contributed by atoms with E-state index >= 15 is 0 Å². The van der Waals surface area contributed by atoms with Crippen LogP contribution < -0.4 is 5.32 Å². The third kappa shape index (κ3) is 6.69. The molecule has 0 saturated heterocycles. The van der Waals surface area contributed by atoms with Crippen LogP contribution in [0.25, 0.3) is 0 Å². The average molecular weight is 211 g/mol. The number of rotatable bonds is 6. The molecule has 2 heteroatoms. The topological polar surface area (TPSA) is 21.3 Å². The largest absolute Gasteiger partial charge is 0.376 e. The fraction of sp³-hybridized carbons (Fsp3) is 0.846. The summed E-state index contributed by atoms with van der Waals surface area (Å²) in [6.45, 7) is 4.61. The van der Waals surface area contributed by atoms with Crippen LogP contribution in [0.2, 0.25) is 0 Å². The summed E-state index contributed by atoms with van der Waals surface area (Å²) in [6.07, 6.45) is 12.4. The lowest BCUT2D eigenvalue weighted by Crippen LogP contribution is -2.31. The highest BCUT2D eigenvalue weighted by Crippen LogP contribution is 2.16. The van der Waals surface area contributed by atoms with E-state index in [4.69, 9.17) is 4.74 Å². The van der Waals surface area contributed by atoms with Gasteiger partial charge in [-0.25, -0.2) is 0 Å². The lowest BCUT2D eigenvalue weighted by molar-refractivity contribution is 0.160. The molecule has 0 aromatic rings. The molecule has 0 spiro atoms. The molecule has 0 amide bonds. The van der Waals surface area contributed by atoms with Gasteiger partial charge in [-0.1, -0.05) is 37.8 Å². The van der Waals surface area contributed by atoms with E-state index in [1.807, 2.05) is 19.1 Å². The van der Waals surface area contributed by atoms with E-state index in [1.165, 1.54) is 38.5 Å². The Kier molecular flexibility index (Phi) is 7.58. The van der Waals surface area contributed by atoms with Crippen LogP contribution in [0.4, 0.5) is 0 Å². The van der Waals surface area contributed by atoms with Crippen molar-refractivity contribution in [3.63, 3.8) is 0 Å². The van der Waals surface area contributed by atoms with Crippen LogP contribution in [0, 0.1) is 0 Å². The number of nitrogens with one attached hydrogen (secondary N) is 1. The molecule has 15 heavy (non-hydrogen) atoms. The number of hydrogen-bond donors (Lipinski definition) is 1. The van der Waals surface area contributed by atoms with E-state index in [2.05, 4.69) is 5.32 Å². The zero-order valence-electron chi connectivity index (χ0n) is 10.0. The summed E-state index contributed by atoms with van der Waals surface area (Å²) < 4.78 is 5.45. The van der Waals surface area contributed by atoms with E-state index in [1.54, 1.807) is 0 Å². The molecule has 0 atom stereocenters. The predicted molar refractivity (Wildman–Crippen MR) is 65.1 cm³/mol. The van der Waals surface area contributed by atoms with Crippen molar-refractivity contribution >= 4 is 0 Å². The average Bonchev–Trinajstić information content (AvgIpc) is 2.52. The molecule has 0 unspecified atom stereocenters. The third-order valence-electron chi connectivity index (χ3n) is 2.98. The monoisotopic (exact) mass is 211 g/mol. The van der Waals surface area contributed by atoms with Crippen molar-refractivity contribution in [2.45, 2.75) is 51.5 Å². The van der Waals surface area contributed by atoms with Gasteiger partial charge in [-0.15, -0.1) is 0 Å². The van der Waals surface area contributed by atoms with Gasteiger partial charge in [-0.2, -0.15) is 0 Å². The lowest BCUT2D eigenvalue weighted by Gasteiger charge is -2.15. The predicted octanol–water partition coefficient (Wildman–Crippen LogP) is 2.89. The second kappa shape index (κ2) is 8.93. The van der Waals surface area contributed by atoms with Crippen molar-refractivity contribution < 1.29 is 4.74 Å². The van der Waals surface area contributed by atoms with Gasteiger partial charge in [-0.05, 0) is 19.8 Å². The normalized spacial score (nSPS) is 19.5. The number of hydrogen-bond acceptors (Lipinski definition) is 2. The maximum absolute atomic E-state index is 5.45. The Bertz CT molecular complexity index is 160. The molecule has 0 aliphatic heterocycles. The Hall–Kier alpha value is -0.340. The van der Waals surface area contributed by atoms with Gasteiger partial charge in [0, 0.05) is 12.6 Å². The highest BCUT2D eigenvalue weighted by atomic mass is 16.5. The van der Waals surface area contributed by atoms with Crippen molar-refractivity contribution in [3.05, 3.63) is 12.2 Å². The zero-order valence-corrected chi connectivity index (χ0v) is 10.0. The van der Waals surface area contributed by atoms with E-state index in [-0.39, 0.29) is 0 Å². The maximum Gasteiger partial charge on any atom is 0.0647 e. The Morgan fingerprint density at radius 2 is 1.93 bits per heavy atom. The van der Waals surface area contributed by atoms with Crippen LogP contribution in [0.3, 0.4) is 0 Å². The van der Waals surface area contributed by atoms with Crippen molar-refractivity contribution in [1.29, 1.82) is 0 Å². The summed E-state index contributed by atoms with van der Waals surface area (Å²) in [5.74, 6) is 0. The first-order valence-corrected chi connectivity index (χ1v) is 6.36. The Labute approximate surface area is 94.1 Å². The molecular formula is C13H25NO. The van der Waals surface area contributed by atoms with Crippen molar-refractivity contribution in [1.82, 2.24) is 5.32 Å². The van der Waals surface area contributed by atoms with Crippen LogP contribution in [-0.2, 0) is 4.74 Å². The Morgan fingerprint density at radius 1 is 1.20 bits per heavy atom. The van der Waals surface area contributed by atoms with Gasteiger partial charge in [-0.3, -0.25) is 0 Å².